The highest BCUT2D eigenvalue weighted by atomic mass is 35.5. The molecule has 3 rings (SSSR count). The van der Waals surface area contributed by atoms with Gasteiger partial charge in [0, 0.05) is 17.3 Å². The molecule has 0 spiro atoms. The van der Waals surface area contributed by atoms with Crippen LogP contribution in [-0.4, -0.2) is 29.5 Å². The fourth-order valence-electron chi connectivity index (χ4n) is 2.85. The van der Waals surface area contributed by atoms with Crippen molar-refractivity contribution in [2.24, 2.45) is 0 Å². The van der Waals surface area contributed by atoms with Crippen molar-refractivity contribution in [3.8, 4) is 5.75 Å². The quantitative estimate of drug-likeness (QED) is 0.892. The van der Waals surface area contributed by atoms with Gasteiger partial charge in [0.1, 0.15) is 11.8 Å². The third kappa shape index (κ3) is 4.12. The molecular formula is C19H19ClN2O3. The lowest BCUT2D eigenvalue weighted by molar-refractivity contribution is -0.119. The van der Waals surface area contributed by atoms with Crippen LogP contribution in [0.1, 0.15) is 18.4 Å². The maximum atomic E-state index is 12.6. The normalized spacial score (nSPS) is 16.6. The Morgan fingerprint density at radius 3 is 2.72 bits per heavy atom. The second-order valence-electron chi connectivity index (χ2n) is 5.98. The first-order valence-electron chi connectivity index (χ1n) is 8.15. The minimum Gasteiger partial charge on any atom is -0.410 e. The van der Waals surface area contributed by atoms with Crippen molar-refractivity contribution in [2.75, 3.05) is 11.9 Å². The van der Waals surface area contributed by atoms with E-state index in [4.69, 9.17) is 16.3 Å². The fourth-order valence-corrected chi connectivity index (χ4v) is 3.02. The van der Waals surface area contributed by atoms with Gasteiger partial charge in [-0.25, -0.2) is 4.79 Å². The van der Waals surface area contributed by atoms with E-state index in [1.54, 1.807) is 36.4 Å². The van der Waals surface area contributed by atoms with Gasteiger partial charge in [-0.05, 0) is 49.6 Å². The number of nitrogens with zero attached hydrogens (tertiary/aromatic N) is 1. The van der Waals surface area contributed by atoms with Gasteiger partial charge in [-0.1, -0.05) is 35.9 Å². The highest BCUT2D eigenvalue weighted by Gasteiger charge is 2.35. The predicted molar refractivity (Wildman–Crippen MR) is 97.0 cm³/mol. The number of rotatable bonds is 3. The number of anilines is 1. The van der Waals surface area contributed by atoms with Gasteiger partial charge in [0.2, 0.25) is 5.91 Å². The van der Waals surface area contributed by atoms with E-state index >= 15 is 0 Å². The summed E-state index contributed by atoms with van der Waals surface area (Å²) in [6.07, 6.45) is 0.859. The smallest absolute Gasteiger partial charge is 0.410 e. The first-order chi connectivity index (χ1) is 12.0. The Morgan fingerprint density at radius 1 is 1.20 bits per heavy atom. The number of aryl methyl sites for hydroxylation is 1. The lowest BCUT2D eigenvalue weighted by Crippen LogP contribution is -2.44. The summed E-state index contributed by atoms with van der Waals surface area (Å²) in [5, 5.41) is 3.42. The highest BCUT2D eigenvalue weighted by molar-refractivity contribution is 6.31. The number of para-hydroxylation sites is 1. The molecule has 1 aliphatic heterocycles. The van der Waals surface area contributed by atoms with Crippen molar-refractivity contribution in [1.82, 2.24) is 4.90 Å². The summed E-state index contributed by atoms with van der Waals surface area (Å²) in [7, 11) is 0. The first kappa shape index (κ1) is 17.3. The van der Waals surface area contributed by atoms with Crippen LogP contribution in [0.3, 0.4) is 0 Å². The van der Waals surface area contributed by atoms with E-state index in [-0.39, 0.29) is 5.91 Å². The molecule has 0 radical (unpaired) electrons. The number of hydrogen-bond donors (Lipinski definition) is 1. The van der Waals surface area contributed by atoms with Gasteiger partial charge >= 0.3 is 6.09 Å². The number of carbonyl (C=O) groups is 2. The summed E-state index contributed by atoms with van der Waals surface area (Å²) in [6.45, 7) is 2.39. The molecule has 25 heavy (non-hydrogen) atoms. The molecule has 0 bridgehead atoms. The molecule has 0 aliphatic carbocycles. The van der Waals surface area contributed by atoms with Crippen molar-refractivity contribution >= 4 is 29.3 Å². The van der Waals surface area contributed by atoms with Crippen LogP contribution in [-0.2, 0) is 4.79 Å². The zero-order valence-corrected chi connectivity index (χ0v) is 14.6. The lowest BCUT2D eigenvalue weighted by atomic mass is 10.1. The summed E-state index contributed by atoms with van der Waals surface area (Å²) >= 11 is 5.99. The number of likely N-dealkylation sites (tertiary alicyclic amines) is 1. The number of ether oxygens (including phenoxy) is 1. The Labute approximate surface area is 151 Å². The molecule has 2 amide bonds. The van der Waals surface area contributed by atoms with Crippen LogP contribution in [0, 0.1) is 6.92 Å². The summed E-state index contributed by atoms with van der Waals surface area (Å²) in [6, 6.07) is 13.6. The van der Waals surface area contributed by atoms with Gasteiger partial charge in [-0.2, -0.15) is 0 Å². The van der Waals surface area contributed by atoms with Crippen molar-refractivity contribution in [3.63, 3.8) is 0 Å². The molecule has 6 heteroatoms. The SMILES string of the molecule is Cc1ccc(Cl)cc1NC(=O)[C@@H]1CCCN1C(=O)Oc1ccccc1. The average Bonchev–Trinajstić information content (AvgIpc) is 3.09. The van der Waals surface area contributed by atoms with Gasteiger partial charge < -0.3 is 10.1 Å². The van der Waals surface area contributed by atoms with E-state index in [9.17, 15) is 9.59 Å². The zero-order chi connectivity index (χ0) is 17.8. The van der Waals surface area contributed by atoms with Crippen molar-refractivity contribution < 1.29 is 14.3 Å². The maximum absolute atomic E-state index is 12.6. The third-order valence-corrected chi connectivity index (χ3v) is 4.43. The van der Waals surface area contributed by atoms with Gasteiger partial charge in [-0.3, -0.25) is 9.69 Å². The van der Waals surface area contributed by atoms with Crippen LogP contribution in [0.4, 0.5) is 10.5 Å². The molecule has 0 aromatic heterocycles. The molecule has 1 saturated heterocycles. The number of nitrogens with one attached hydrogen (secondary N) is 1. The van der Waals surface area contributed by atoms with Crippen LogP contribution < -0.4 is 10.1 Å². The largest absolute Gasteiger partial charge is 0.415 e. The summed E-state index contributed by atoms with van der Waals surface area (Å²) in [4.78, 5) is 26.5. The predicted octanol–water partition coefficient (Wildman–Crippen LogP) is 4.25. The van der Waals surface area contributed by atoms with Crippen LogP contribution in [0.2, 0.25) is 5.02 Å². The van der Waals surface area contributed by atoms with E-state index in [1.165, 1.54) is 4.90 Å². The minimum atomic E-state index is -0.547. The highest BCUT2D eigenvalue weighted by Crippen LogP contribution is 2.24. The Kier molecular flexibility index (Phi) is 5.24. The van der Waals surface area contributed by atoms with Gasteiger partial charge in [-0.15, -0.1) is 0 Å². The molecule has 130 valence electrons. The molecule has 5 nitrogen and oxygen atoms in total. The monoisotopic (exact) mass is 358 g/mol. The molecule has 1 fully saturated rings. The second kappa shape index (κ2) is 7.57. The second-order valence-corrected chi connectivity index (χ2v) is 6.42. The summed E-state index contributed by atoms with van der Waals surface area (Å²) < 4.78 is 5.36. The zero-order valence-electron chi connectivity index (χ0n) is 13.9. The molecule has 1 aliphatic rings. The van der Waals surface area contributed by atoms with Crippen LogP contribution >= 0.6 is 11.6 Å². The van der Waals surface area contributed by atoms with E-state index in [0.29, 0.717) is 29.4 Å². The maximum Gasteiger partial charge on any atom is 0.415 e. The van der Waals surface area contributed by atoms with Crippen molar-refractivity contribution in [3.05, 3.63) is 59.1 Å². The molecule has 2 aromatic rings. The minimum absolute atomic E-state index is 0.229. The topological polar surface area (TPSA) is 58.6 Å². The molecule has 0 unspecified atom stereocenters. The molecule has 0 saturated carbocycles. The van der Waals surface area contributed by atoms with Crippen LogP contribution in [0.15, 0.2) is 48.5 Å². The molecule has 2 aromatic carbocycles. The van der Waals surface area contributed by atoms with E-state index in [2.05, 4.69) is 5.32 Å². The molecule has 1 atom stereocenters. The van der Waals surface area contributed by atoms with Gasteiger partial charge in [0.05, 0.1) is 0 Å². The van der Waals surface area contributed by atoms with Gasteiger partial charge in [0.15, 0.2) is 0 Å². The lowest BCUT2D eigenvalue weighted by Gasteiger charge is -2.23. The fraction of sp³-hybridized carbons (Fsp3) is 0.263. The van der Waals surface area contributed by atoms with E-state index < -0.39 is 12.1 Å². The Bertz CT molecular complexity index is 779. The van der Waals surface area contributed by atoms with Crippen LogP contribution in [0.25, 0.3) is 0 Å². The Balaban J connectivity index is 1.69. The van der Waals surface area contributed by atoms with Crippen molar-refractivity contribution in [1.29, 1.82) is 0 Å². The molecule has 1 heterocycles. The Morgan fingerprint density at radius 2 is 1.96 bits per heavy atom. The summed E-state index contributed by atoms with van der Waals surface area (Å²) in [5.74, 6) is 0.233. The van der Waals surface area contributed by atoms with Gasteiger partial charge in [0.25, 0.3) is 0 Å². The van der Waals surface area contributed by atoms with Crippen LogP contribution in [0.5, 0.6) is 5.75 Å². The molecular weight excluding hydrogens is 340 g/mol. The van der Waals surface area contributed by atoms with Crippen molar-refractivity contribution in [2.45, 2.75) is 25.8 Å². The first-order valence-corrected chi connectivity index (χ1v) is 8.53. The number of amides is 2. The number of carbonyl (C=O) groups excluding carboxylic acids is 2. The summed E-state index contributed by atoms with van der Waals surface area (Å²) in [5.41, 5.74) is 1.56. The Hall–Kier alpha value is -2.53. The third-order valence-electron chi connectivity index (χ3n) is 4.20. The van der Waals surface area contributed by atoms with E-state index in [0.717, 1.165) is 12.0 Å². The van der Waals surface area contributed by atoms with E-state index in [1.807, 2.05) is 19.1 Å². The number of benzene rings is 2. The number of halogens is 1. The average molecular weight is 359 g/mol. The molecule has 1 N–H and O–H groups in total. The standard InChI is InChI=1S/C19H19ClN2O3/c1-13-9-10-14(20)12-16(13)21-18(23)17-8-5-11-22(17)19(24)25-15-6-3-2-4-7-15/h2-4,6-7,9-10,12,17H,5,8,11H2,1H3,(H,21,23)/t17-/m0/s1. The number of hydrogen-bond acceptors (Lipinski definition) is 3.